The van der Waals surface area contributed by atoms with Crippen LogP contribution in [0.5, 0.6) is 0 Å². The lowest BCUT2D eigenvalue weighted by Gasteiger charge is -2.10. The van der Waals surface area contributed by atoms with Crippen molar-refractivity contribution in [3.8, 4) is 6.07 Å². The first-order chi connectivity index (χ1) is 8.17. The smallest absolute Gasteiger partial charge is 0.223 e. The standard InChI is InChI=1S/C13H16N2OS/c1-10(9-17-2)13(16)15-8-12-5-3-4-11(6-12)7-14/h3-6,10H,8-9H2,1-2H3,(H,15,16). The Hall–Kier alpha value is -1.47. The van der Waals surface area contributed by atoms with Crippen LogP contribution < -0.4 is 5.32 Å². The lowest BCUT2D eigenvalue weighted by Crippen LogP contribution is -2.29. The summed E-state index contributed by atoms with van der Waals surface area (Å²) in [6.07, 6.45) is 1.99. The Morgan fingerprint density at radius 2 is 2.35 bits per heavy atom. The molecular weight excluding hydrogens is 232 g/mol. The molecule has 90 valence electrons. The summed E-state index contributed by atoms with van der Waals surface area (Å²) >= 11 is 1.66. The Morgan fingerprint density at radius 1 is 1.59 bits per heavy atom. The van der Waals surface area contributed by atoms with E-state index in [9.17, 15) is 4.79 Å². The fourth-order valence-electron chi connectivity index (χ4n) is 1.44. The molecule has 0 aliphatic carbocycles. The van der Waals surface area contributed by atoms with Gasteiger partial charge in [0.25, 0.3) is 0 Å². The molecule has 0 aromatic heterocycles. The van der Waals surface area contributed by atoms with Gasteiger partial charge in [-0.25, -0.2) is 0 Å². The average molecular weight is 248 g/mol. The fourth-order valence-corrected chi connectivity index (χ4v) is 2.09. The number of hydrogen-bond acceptors (Lipinski definition) is 3. The first-order valence-corrected chi connectivity index (χ1v) is 6.82. The molecule has 0 aliphatic rings. The first kappa shape index (κ1) is 13.6. The summed E-state index contributed by atoms with van der Waals surface area (Å²) in [5.41, 5.74) is 1.57. The number of benzene rings is 1. The molecule has 1 amide bonds. The van der Waals surface area contributed by atoms with Crippen LogP contribution in [0.4, 0.5) is 0 Å². The van der Waals surface area contributed by atoms with Crippen LogP contribution in [0.2, 0.25) is 0 Å². The molecule has 0 bridgehead atoms. The number of thioether (sulfide) groups is 1. The van der Waals surface area contributed by atoms with E-state index in [1.165, 1.54) is 0 Å². The summed E-state index contributed by atoms with van der Waals surface area (Å²) in [4.78, 5) is 11.7. The van der Waals surface area contributed by atoms with E-state index in [0.29, 0.717) is 12.1 Å². The van der Waals surface area contributed by atoms with Gasteiger partial charge in [0.2, 0.25) is 5.91 Å². The summed E-state index contributed by atoms with van der Waals surface area (Å²) in [6, 6.07) is 9.35. The van der Waals surface area contributed by atoms with Crippen molar-refractivity contribution in [2.45, 2.75) is 13.5 Å². The van der Waals surface area contributed by atoms with E-state index in [2.05, 4.69) is 11.4 Å². The van der Waals surface area contributed by atoms with Crippen LogP contribution in [-0.4, -0.2) is 17.9 Å². The van der Waals surface area contributed by atoms with E-state index in [1.807, 2.05) is 25.3 Å². The molecule has 0 spiro atoms. The summed E-state index contributed by atoms with van der Waals surface area (Å²) < 4.78 is 0. The molecule has 0 saturated carbocycles. The van der Waals surface area contributed by atoms with E-state index >= 15 is 0 Å². The van der Waals surface area contributed by atoms with Crippen molar-refractivity contribution >= 4 is 17.7 Å². The minimum atomic E-state index is 0.0177. The van der Waals surface area contributed by atoms with Gasteiger partial charge in [-0.15, -0.1) is 0 Å². The third kappa shape index (κ3) is 4.49. The predicted molar refractivity (Wildman–Crippen MR) is 70.5 cm³/mol. The van der Waals surface area contributed by atoms with Crippen molar-refractivity contribution in [1.82, 2.24) is 5.32 Å². The number of hydrogen-bond donors (Lipinski definition) is 1. The van der Waals surface area contributed by atoms with Crippen molar-refractivity contribution in [3.63, 3.8) is 0 Å². The molecule has 0 saturated heterocycles. The zero-order valence-electron chi connectivity index (χ0n) is 10.1. The summed E-state index contributed by atoms with van der Waals surface area (Å²) in [5.74, 6) is 0.898. The molecule has 17 heavy (non-hydrogen) atoms. The van der Waals surface area contributed by atoms with E-state index in [-0.39, 0.29) is 11.8 Å². The molecule has 3 nitrogen and oxygen atoms in total. The van der Waals surface area contributed by atoms with Crippen LogP contribution in [0.1, 0.15) is 18.1 Å². The molecule has 0 radical (unpaired) electrons. The van der Waals surface area contributed by atoms with E-state index in [0.717, 1.165) is 11.3 Å². The largest absolute Gasteiger partial charge is 0.352 e. The number of carbonyl (C=O) groups excluding carboxylic acids is 1. The zero-order chi connectivity index (χ0) is 12.7. The third-order valence-corrected chi connectivity index (χ3v) is 3.22. The van der Waals surface area contributed by atoms with Gasteiger partial charge in [0.05, 0.1) is 11.6 Å². The highest BCUT2D eigenvalue weighted by Gasteiger charge is 2.11. The van der Waals surface area contributed by atoms with E-state index < -0.39 is 0 Å². The first-order valence-electron chi connectivity index (χ1n) is 5.43. The molecule has 4 heteroatoms. The van der Waals surface area contributed by atoms with Crippen molar-refractivity contribution < 1.29 is 4.79 Å². The molecule has 1 unspecified atom stereocenters. The minimum Gasteiger partial charge on any atom is -0.352 e. The molecular formula is C13H16N2OS. The summed E-state index contributed by atoms with van der Waals surface area (Å²) in [6.45, 7) is 2.39. The predicted octanol–water partition coefficient (Wildman–Crippen LogP) is 2.17. The van der Waals surface area contributed by atoms with Crippen molar-refractivity contribution in [2.24, 2.45) is 5.92 Å². The van der Waals surface area contributed by atoms with E-state index in [1.54, 1.807) is 23.9 Å². The second-order valence-electron chi connectivity index (χ2n) is 3.89. The number of nitrogens with one attached hydrogen (secondary N) is 1. The Kier molecular flexibility index (Phi) is 5.58. The molecule has 1 rings (SSSR count). The normalized spacial score (nSPS) is 11.6. The van der Waals surface area contributed by atoms with Crippen LogP contribution in [-0.2, 0) is 11.3 Å². The molecule has 1 atom stereocenters. The van der Waals surface area contributed by atoms with Crippen LogP contribution >= 0.6 is 11.8 Å². The topological polar surface area (TPSA) is 52.9 Å². The Balaban J connectivity index is 2.50. The summed E-state index contributed by atoms with van der Waals surface area (Å²) in [7, 11) is 0. The molecule has 1 aromatic carbocycles. The van der Waals surface area contributed by atoms with Crippen molar-refractivity contribution in [3.05, 3.63) is 35.4 Å². The number of nitrogens with zero attached hydrogens (tertiary/aromatic N) is 1. The number of rotatable bonds is 5. The second kappa shape index (κ2) is 6.97. The lowest BCUT2D eigenvalue weighted by molar-refractivity contribution is -0.124. The quantitative estimate of drug-likeness (QED) is 0.869. The van der Waals surface area contributed by atoms with Crippen molar-refractivity contribution in [2.75, 3.05) is 12.0 Å². The van der Waals surface area contributed by atoms with Gasteiger partial charge in [-0.05, 0) is 24.0 Å². The van der Waals surface area contributed by atoms with Gasteiger partial charge in [-0.3, -0.25) is 4.79 Å². The third-order valence-electron chi connectivity index (χ3n) is 2.39. The van der Waals surface area contributed by atoms with Crippen LogP contribution in [0.25, 0.3) is 0 Å². The maximum Gasteiger partial charge on any atom is 0.223 e. The Morgan fingerprint density at radius 3 is 3.00 bits per heavy atom. The number of nitriles is 1. The van der Waals surface area contributed by atoms with Gasteiger partial charge >= 0.3 is 0 Å². The SMILES string of the molecule is CSCC(C)C(=O)NCc1cccc(C#N)c1. The maximum atomic E-state index is 11.7. The van der Waals surface area contributed by atoms with Gasteiger partial charge < -0.3 is 5.32 Å². The highest BCUT2D eigenvalue weighted by molar-refractivity contribution is 7.98. The van der Waals surface area contributed by atoms with Gasteiger partial charge in [-0.1, -0.05) is 19.1 Å². The highest BCUT2D eigenvalue weighted by Crippen LogP contribution is 2.06. The second-order valence-corrected chi connectivity index (χ2v) is 4.80. The van der Waals surface area contributed by atoms with Crippen LogP contribution in [0.3, 0.4) is 0 Å². The zero-order valence-corrected chi connectivity index (χ0v) is 10.9. The fraction of sp³-hybridized carbons (Fsp3) is 0.385. The lowest BCUT2D eigenvalue weighted by atomic mass is 10.1. The van der Waals surface area contributed by atoms with Gasteiger partial charge in [0.15, 0.2) is 0 Å². The number of amides is 1. The Bertz CT molecular complexity index is 426. The van der Waals surface area contributed by atoms with E-state index in [4.69, 9.17) is 5.26 Å². The molecule has 0 fully saturated rings. The van der Waals surface area contributed by atoms with Gasteiger partial charge in [-0.2, -0.15) is 17.0 Å². The molecule has 0 heterocycles. The van der Waals surface area contributed by atoms with Crippen molar-refractivity contribution in [1.29, 1.82) is 5.26 Å². The molecule has 0 aliphatic heterocycles. The molecule has 1 aromatic rings. The maximum absolute atomic E-state index is 11.7. The summed E-state index contributed by atoms with van der Waals surface area (Å²) in [5, 5.41) is 11.6. The number of carbonyl (C=O) groups is 1. The Labute approximate surface area is 106 Å². The van der Waals surface area contributed by atoms with Gasteiger partial charge in [0.1, 0.15) is 0 Å². The van der Waals surface area contributed by atoms with Crippen LogP contribution in [0.15, 0.2) is 24.3 Å². The van der Waals surface area contributed by atoms with Gasteiger partial charge in [0, 0.05) is 18.2 Å². The highest BCUT2D eigenvalue weighted by atomic mass is 32.2. The van der Waals surface area contributed by atoms with Crippen LogP contribution in [0, 0.1) is 17.2 Å². The average Bonchev–Trinajstić information content (AvgIpc) is 2.36. The molecule has 1 N–H and O–H groups in total. The minimum absolute atomic E-state index is 0.0177. The monoisotopic (exact) mass is 248 g/mol.